The number of ether oxygens (including phenoxy) is 1. The number of rotatable bonds is 7. The van der Waals surface area contributed by atoms with Crippen LogP contribution in [0.5, 0.6) is 5.75 Å². The molecule has 0 N–H and O–H groups in total. The lowest BCUT2D eigenvalue weighted by Gasteiger charge is -2.15. The van der Waals surface area contributed by atoms with Gasteiger partial charge in [-0.05, 0) is 31.0 Å². The van der Waals surface area contributed by atoms with Crippen molar-refractivity contribution in [3.05, 3.63) is 63.2 Å². The van der Waals surface area contributed by atoms with Crippen LogP contribution in [0.3, 0.4) is 0 Å². The second-order valence-electron chi connectivity index (χ2n) is 6.97. The number of carbonyl (C=O) groups excluding carboxylic acids is 2. The molecule has 10 heteroatoms. The van der Waals surface area contributed by atoms with Crippen LogP contribution in [0.4, 0.5) is 30.7 Å². The van der Waals surface area contributed by atoms with Crippen LogP contribution in [0.25, 0.3) is 0 Å². The van der Waals surface area contributed by atoms with Gasteiger partial charge in [0.1, 0.15) is 22.9 Å². The second kappa shape index (κ2) is 9.07. The topological polar surface area (TPSA) is 43.4 Å². The van der Waals surface area contributed by atoms with Crippen LogP contribution in [0, 0.1) is 30.2 Å². The van der Waals surface area contributed by atoms with E-state index in [1.807, 2.05) is 0 Å². The molecular weight excluding hydrogens is 433 g/mol. The number of halogens is 7. The summed E-state index contributed by atoms with van der Waals surface area (Å²) < 4.78 is 98.8. The van der Waals surface area contributed by atoms with E-state index in [0.29, 0.717) is 11.1 Å². The zero-order valence-electron chi connectivity index (χ0n) is 16.6. The van der Waals surface area contributed by atoms with Gasteiger partial charge in [0.05, 0.1) is 7.11 Å². The Bertz CT molecular complexity index is 1010. The molecule has 0 amide bonds. The van der Waals surface area contributed by atoms with E-state index in [-0.39, 0.29) is 23.5 Å². The minimum Gasteiger partial charge on any atom is -0.496 e. The summed E-state index contributed by atoms with van der Waals surface area (Å²) in [5.41, 5.74) is -2.65. The van der Waals surface area contributed by atoms with Crippen molar-refractivity contribution in [1.82, 2.24) is 0 Å². The normalized spacial score (nSPS) is 11.5. The van der Waals surface area contributed by atoms with E-state index in [1.165, 1.54) is 20.1 Å². The molecule has 0 bridgehead atoms. The average Bonchev–Trinajstić information content (AvgIpc) is 2.64. The highest BCUT2D eigenvalue weighted by Crippen LogP contribution is 2.37. The summed E-state index contributed by atoms with van der Waals surface area (Å²) in [4.78, 5) is 23.8. The van der Waals surface area contributed by atoms with Crippen LogP contribution in [0.1, 0.15) is 34.7 Å². The molecule has 0 unspecified atom stereocenters. The number of aryl methyl sites for hydroxylation is 1. The predicted octanol–water partition coefficient (Wildman–Crippen LogP) is 5.06. The molecule has 0 aromatic heterocycles. The number of carbonyl (C=O) groups is 2. The second-order valence-corrected chi connectivity index (χ2v) is 6.97. The van der Waals surface area contributed by atoms with Crippen molar-refractivity contribution < 1.29 is 45.1 Å². The van der Waals surface area contributed by atoms with Crippen LogP contribution >= 0.6 is 0 Å². The molecule has 0 aliphatic heterocycles. The fraction of sp³-hybridized carbons (Fsp3) is 0.333. The molecule has 0 heterocycles. The van der Waals surface area contributed by atoms with Gasteiger partial charge >= 0.3 is 6.18 Å². The third-order valence-electron chi connectivity index (χ3n) is 4.58. The Morgan fingerprint density at radius 1 is 0.871 bits per heavy atom. The molecule has 0 aliphatic rings. The Hall–Kier alpha value is -2.91. The average molecular weight is 450 g/mol. The van der Waals surface area contributed by atoms with Crippen LogP contribution in [0.2, 0.25) is 0 Å². The summed E-state index contributed by atoms with van der Waals surface area (Å²) in [6.45, 7) is 3.05. The van der Waals surface area contributed by atoms with E-state index in [0.717, 1.165) is 0 Å². The van der Waals surface area contributed by atoms with Crippen LogP contribution in [-0.2, 0) is 35.0 Å². The number of hydrogen-bond acceptors (Lipinski definition) is 3. The molecule has 2 aromatic rings. The Labute approximate surface area is 172 Å². The van der Waals surface area contributed by atoms with Gasteiger partial charge in [-0.3, -0.25) is 9.59 Å². The van der Waals surface area contributed by atoms with Gasteiger partial charge < -0.3 is 4.74 Å². The first kappa shape index (κ1) is 24.4. The smallest absolute Gasteiger partial charge is 0.422 e. The largest absolute Gasteiger partial charge is 0.496 e. The summed E-state index contributed by atoms with van der Waals surface area (Å²) >= 11 is 0. The number of Topliss-reactive ketones (excluding diaryl/α,β-unsaturated/α-hetero) is 2. The fourth-order valence-electron chi connectivity index (χ4n) is 3.12. The Morgan fingerprint density at radius 2 is 1.42 bits per heavy atom. The van der Waals surface area contributed by atoms with Gasteiger partial charge in [-0.25, -0.2) is 17.6 Å². The first-order chi connectivity index (χ1) is 14.3. The minimum atomic E-state index is -5.67. The number of hydrogen-bond donors (Lipinski definition) is 0. The molecule has 31 heavy (non-hydrogen) atoms. The molecule has 0 fully saturated rings. The van der Waals surface area contributed by atoms with E-state index in [2.05, 4.69) is 0 Å². The van der Waals surface area contributed by atoms with Gasteiger partial charge in [-0.15, -0.1) is 0 Å². The van der Waals surface area contributed by atoms with Crippen molar-refractivity contribution in [2.75, 3.05) is 7.11 Å². The predicted molar refractivity (Wildman–Crippen MR) is 95.8 cm³/mol. The van der Waals surface area contributed by atoms with Gasteiger partial charge in [-0.1, -0.05) is 6.07 Å². The lowest BCUT2D eigenvalue weighted by molar-refractivity contribution is -0.143. The molecule has 2 aromatic carbocycles. The SMILES string of the molecule is COc1cc(C)c(CC(C)=O)cc1CC(=O)Cc1c(F)c(F)c(C(F)(F)F)c(F)c1F. The van der Waals surface area contributed by atoms with Gasteiger partial charge in [0.25, 0.3) is 0 Å². The first-order valence-electron chi connectivity index (χ1n) is 8.87. The van der Waals surface area contributed by atoms with Crippen molar-refractivity contribution in [2.24, 2.45) is 0 Å². The van der Waals surface area contributed by atoms with Gasteiger partial charge in [0.15, 0.2) is 23.3 Å². The maximum absolute atomic E-state index is 14.0. The zero-order valence-corrected chi connectivity index (χ0v) is 16.6. The molecule has 0 spiro atoms. The Balaban J connectivity index is 2.41. The molecular formula is C21H17F7O3. The van der Waals surface area contributed by atoms with Crippen LogP contribution in [0.15, 0.2) is 12.1 Å². The van der Waals surface area contributed by atoms with E-state index >= 15 is 0 Å². The third kappa shape index (κ3) is 5.23. The molecule has 0 saturated heterocycles. The monoisotopic (exact) mass is 450 g/mol. The van der Waals surface area contributed by atoms with Crippen molar-refractivity contribution in [3.8, 4) is 5.75 Å². The number of ketones is 2. The highest BCUT2D eigenvalue weighted by Gasteiger charge is 2.42. The van der Waals surface area contributed by atoms with Gasteiger partial charge in [-0.2, -0.15) is 13.2 Å². The van der Waals surface area contributed by atoms with E-state index in [1.54, 1.807) is 13.0 Å². The summed E-state index contributed by atoms with van der Waals surface area (Å²) in [6.07, 6.45) is -7.31. The summed E-state index contributed by atoms with van der Waals surface area (Å²) in [7, 11) is 1.30. The van der Waals surface area contributed by atoms with Crippen LogP contribution < -0.4 is 4.74 Å². The van der Waals surface area contributed by atoms with E-state index in [4.69, 9.17) is 4.74 Å². The van der Waals surface area contributed by atoms with Crippen molar-refractivity contribution in [1.29, 1.82) is 0 Å². The molecule has 2 rings (SSSR count). The highest BCUT2D eigenvalue weighted by atomic mass is 19.4. The van der Waals surface area contributed by atoms with Crippen molar-refractivity contribution in [3.63, 3.8) is 0 Å². The van der Waals surface area contributed by atoms with E-state index in [9.17, 15) is 40.3 Å². The maximum atomic E-state index is 14.0. The number of benzene rings is 2. The Morgan fingerprint density at radius 3 is 1.87 bits per heavy atom. The zero-order chi connectivity index (χ0) is 23.7. The maximum Gasteiger partial charge on any atom is 0.422 e. The van der Waals surface area contributed by atoms with Crippen LogP contribution in [-0.4, -0.2) is 18.7 Å². The van der Waals surface area contributed by atoms with E-state index < -0.39 is 59.2 Å². The molecule has 0 aliphatic carbocycles. The molecule has 0 atom stereocenters. The fourth-order valence-corrected chi connectivity index (χ4v) is 3.12. The first-order valence-corrected chi connectivity index (χ1v) is 8.87. The summed E-state index contributed by atoms with van der Waals surface area (Å²) in [6, 6.07) is 3.02. The molecule has 0 radical (unpaired) electrons. The standard InChI is InChI=1S/C21H17F7O3/c1-9-4-15(31-3)12(6-11(9)5-10(2)29)7-13(30)8-14-17(22)19(24)16(21(26,27)28)20(25)18(14)23/h4,6H,5,7-8H2,1-3H3. The molecule has 3 nitrogen and oxygen atoms in total. The Kier molecular flexibility index (Phi) is 7.13. The number of methoxy groups -OCH3 is 1. The summed E-state index contributed by atoms with van der Waals surface area (Å²) in [5, 5.41) is 0. The lowest BCUT2D eigenvalue weighted by atomic mass is 9.95. The molecule has 0 saturated carbocycles. The van der Waals surface area contributed by atoms with Gasteiger partial charge in [0.2, 0.25) is 0 Å². The van der Waals surface area contributed by atoms with Crippen molar-refractivity contribution in [2.45, 2.75) is 39.3 Å². The highest BCUT2D eigenvalue weighted by molar-refractivity contribution is 5.84. The quantitative estimate of drug-likeness (QED) is 0.437. The van der Waals surface area contributed by atoms with Crippen molar-refractivity contribution >= 4 is 11.6 Å². The lowest BCUT2D eigenvalue weighted by Crippen LogP contribution is -2.19. The minimum absolute atomic E-state index is 0.0512. The third-order valence-corrected chi connectivity index (χ3v) is 4.58. The van der Waals surface area contributed by atoms with Gasteiger partial charge in [0, 0.05) is 30.4 Å². The number of alkyl halides is 3. The summed E-state index contributed by atoms with van der Waals surface area (Å²) in [5.74, 6) is -10.7. The molecule has 168 valence electrons.